The summed E-state index contributed by atoms with van der Waals surface area (Å²) in [5, 5.41) is 3.57. The molecule has 0 amide bonds. The molecule has 2 atom stereocenters. The molecular weight excluding hydrogens is 260 g/mol. The van der Waals surface area contributed by atoms with Gasteiger partial charge in [0.05, 0.1) is 0 Å². The third kappa shape index (κ3) is 3.85. The first kappa shape index (κ1) is 16.0. The minimum absolute atomic E-state index is 0.118. The van der Waals surface area contributed by atoms with Crippen molar-refractivity contribution in [1.29, 1.82) is 0 Å². The zero-order valence-electron chi connectivity index (χ0n) is 13.8. The molecular formula is C18H28N2O. The molecule has 116 valence electrons. The van der Waals surface area contributed by atoms with Crippen LogP contribution in [0.4, 0.5) is 5.69 Å². The zero-order valence-corrected chi connectivity index (χ0v) is 13.8. The SMILES string of the molecule is CC(=O)c1ccc(NCC2(N(C)C)CCCC(C)C2)cc1. The summed E-state index contributed by atoms with van der Waals surface area (Å²) in [6.45, 7) is 4.93. The van der Waals surface area contributed by atoms with Crippen LogP contribution in [0, 0.1) is 5.92 Å². The predicted octanol–water partition coefficient (Wildman–Crippen LogP) is 3.81. The van der Waals surface area contributed by atoms with E-state index in [9.17, 15) is 4.79 Å². The molecule has 0 saturated heterocycles. The van der Waals surface area contributed by atoms with Crippen LogP contribution < -0.4 is 5.32 Å². The molecule has 1 saturated carbocycles. The van der Waals surface area contributed by atoms with Gasteiger partial charge in [-0.05, 0) is 64.0 Å². The highest BCUT2D eigenvalue weighted by molar-refractivity contribution is 5.94. The van der Waals surface area contributed by atoms with Crippen LogP contribution in [0.15, 0.2) is 24.3 Å². The van der Waals surface area contributed by atoms with Crippen molar-refractivity contribution >= 4 is 11.5 Å². The first-order valence-electron chi connectivity index (χ1n) is 7.95. The zero-order chi connectivity index (χ0) is 15.5. The molecule has 0 radical (unpaired) electrons. The summed E-state index contributed by atoms with van der Waals surface area (Å²) in [6, 6.07) is 7.81. The second kappa shape index (κ2) is 6.61. The van der Waals surface area contributed by atoms with Gasteiger partial charge in [0.25, 0.3) is 0 Å². The Bertz CT molecular complexity index is 480. The summed E-state index contributed by atoms with van der Waals surface area (Å²) in [6.07, 6.45) is 5.16. The Morgan fingerprint density at radius 2 is 2.00 bits per heavy atom. The van der Waals surface area contributed by atoms with E-state index in [4.69, 9.17) is 0 Å². The summed E-state index contributed by atoms with van der Waals surface area (Å²) in [5.74, 6) is 0.912. The topological polar surface area (TPSA) is 32.3 Å². The lowest BCUT2D eigenvalue weighted by atomic mass is 9.75. The minimum Gasteiger partial charge on any atom is -0.383 e. The van der Waals surface area contributed by atoms with E-state index in [1.54, 1.807) is 6.92 Å². The summed E-state index contributed by atoms with van der Waals surface area (Å²) in [4.78, 5) is 13.7. The van der Waals surface area contributed by atoms with Gasteiger partial charge in [-0.15, -0.1) is 0 Å². The number of nitrogens with one attached hydrogen (secondary N) is 1. The van der Waals surface area contributed by atoms with Gasteiger partial charge in [-0.25, -0.2) is 0 Å². The van der Waals surface area contributed by atoms with Gasteiger partial charge in [-0.1, -0.05) is 19.8 Å². The number of hydrogen-bond acceptors (Lipinski definition) is 3. The first-order chi connectivity index (χ1) is 9.93. The van der Waals surface area contributed by atoms with E-state index >= 15 is 0 Å². The molecule has 1 N–H and O–H groups in total. The van der Waals surface area contributed by atoms with Crippen molar-refractivity contribution in [3.63, 3.8) is 0 Å². The van der Waals surface area contributed by atoms with Crippen LogP contribution in [0.25, 0.3) is 0 Å². The second-order valence-corrected chi connectivity index (χ2v) is 6.81. The van der Waals surface area contributed by atoms with E-state index in [1.165, 1.54) is 25.7 Å². The van der Waals surface area contributed by atoms with Crippen molar-refractivity contribution in [2.75, 3.05) is 26.0 Å². The summed E-state index contributed by atoms with van der Waals surface area (Å²) in [5.41, 5.74) is 2.12. The largest absolute Gasteiger partial charge is 0.383 e. The molecule has 1 aliphatic rings. The molecule has 0 heterocycles. The van der Waals surface area contributed by atoms with Gasteiger partial charge in [0.15, 0.2) is 5.78 Å². The van der Waals surface area contributed by atoms with E-state index in [2.05, 4.69) is 31.2 Å². The van der Waals surface area contributed by atoms with Crippen molar-refractivity contribution in [2.45, 2.75) is 45.1 Å². The fourth-order valence-electron chi connectivity index (χ4n) is 3.45. The number of anilines is 1. The van der Waals surface area contributed by atoms with Gasteiger partial charge >= 0.3 is 0 Å². The number of benzene rings is 1. The Morgan fingerprint density at radius 1 is 1.33 bits per heavy atom. The van der Waals surface area contributed by atoms with Crippen LogP contribution in [0.3, 0.4) is 0 Å². The Kier molecular flexibility index (Phi) is 5.04. The molecule has 3 nitrogen and oxygen atoms in total. The monoisotopic (exact) mass is 288 g/mol. The molecule has 0 spiro atoms. The highest BCUT2D eigenvalue weighted by Crippen LogP contribution is 2.35. The molecule has 1 fully saturated rings. The van der Waals surface area contributed by atoms with Crippen LogP contribution in [-0.4, -0.2) is 36.9 Å². The maximum atomic E-state index is 11.3. The Labute approximate surface area is 128 Å². The third-order valence-corrected chi connectivity index (χ3v) is 4.93. The number of carbonyl (C=O) groups excluding carboxylic acids is 1. The molecule has 2 unspecified atom stereocenters. The molecule has 1 aliphatic carbocycles. The lowest BCUT2D eigenvalue weighted by Gasteiger charge is -2.45. The van der Waals surface area contributed by atoms with Crippen molar-refractivity contribution in [2.24, 2.45) is 5.92 Å². The maximum Gasteiger partial charge on any atom is 0.159 e. The third-order valence-electron chi connectivity index (χ3n) is 4.93. The Morgan fingerprint density at radius 3 is 2.52 bits per heavy atom. The molecule has 3 heteroatoms. The Balaban J connectivity index is 2.03. The van der Waals surface area contributed by atoms with Gasteiger partial charge in [-0.2, -0.15) is 0 Å². The number of nitrogens with zero attached hydrogens (tertiary/aromatic N) is 1. The normalized spacial score (nSPS) is 25.9. The Hall–Kier alpha value is -1.35. The minimum atomic E-state index is 0.118. The number of hydrogen-bond donors (Lipinski definition) is 1. The van der Waals surface area contributed by atoms with Crippen LogP contribution in [0.1, 0.15) is 49.9 Å². The highest BCUT2D eigenvalue weighted by Gasteiger charge is 2.36. The highest BCUT2D eigenvalue weighted by atomic mass is 16.1. The van der Waals surface area contributed by atoms with Gasteiger partial charge in [0, 0.05) is 23.3 Å². The maximum absolute atomic E-state index is 11.3. The average molecular weight is 288 g/mol. The average Bonchev–Trinajstić information content (AvgIpc) is 2.45. The van der Waals surface area contributed by atoms with E-state index in [0.717, 1.165) is 23.7 Å². The lowest BCUT2D eigenvalue weighted by molar-refractivity contribution is 0.0882. The molecule has 1 aromatic rings. The number of ketones is 1. The second-order valence-electron chi connectivity index (χ2n) is 6.81. The van der Waals surface area contributed by atoms with Crippen LogP contribution in [0.2, 0.25) is 0 Å². The molecule has 0 aromatic heterocycles. The first-order valence-corrected chi connectivity index (χ1v) is 7.95. The van der Waals surface area contributed by atoms with Crippen LogP contribution in [-0.2, 0) is 0 Å². The fraction of sp³-hybridized carbons (Fsp3) is 0.611. The van der Waals surface area contributed by atoms with Crippen molar-refractivity contribution in [3.05, 3.63) is 29.8 Å². The lowest BCUT2D eigenvalue weighted by Crippen LogP contribution is -2.52. The summed E-state index contributed by atoms with van der Waals surface area (Å²) < 4.78 is 0. The number of rotatable bonds is 5. The molecule has 1 aromatic carbocycles. The van der Waals surface area contributed by atoms with E-state index in [0.29, 0.717) is 0 Å². The predicted molar refractivity (Wildman–Crippen MR) is 89.0 cm³/mol. The van der Waals surface area contributed by atoms with Gasteiger partial charge in [-0.3, -0.25) is 4.79 Å². The van der Waals surface area contributed by atoms with E-state index in [-0.39, 0.29) is 11.3 Å². The molecule has 0 bridgehead atoms. The van der Waals surface area contributed by atoms with Gasteiger partial charge < -0.3 is 10.2 Å². The van der Waals surface area contributed by atoms with E-state index < -0.39 is 0 Å². The number of likely N-dealkylation sites (N-methyl/N-ethyl adjacent to an activating group) is 1. The standard InChI is InChI=1S/C18H28N2O/c1-14-6-5-11-18(12-14,20(3)4)13-19-17-9-7-16(8-10-17)15(2)21/h7-10,14,19H,5-6,11-13H2,1-4H3. The van der Waals surface area contributed by atoms with Crippen LogP contribution in [0.5, 0.6) is 0 Å². The molecule has 21 heavy (non-hydrogen) atoms. The van der Waals surface area contributed by atoms with Gasteiger partial charge in [0.2, 0.25) is 0 Å². The molecule has 0 aliphatic heterocycles. The van der Waals surface area contributed by atoms with Gasteiger partial charge in [0.1, 0.15) is 0 Å². The van der Waals surface area contributed by atoms with Crippen molar-refractivity contribution in [3.8, 4) is 0 Å². The van der Waals surface area contributed by atoms with E-state index in [1.807, 2.05) is 24.3 Å². The number of Topliss-reactive ketones (excluding diaryl/α,β-unsaturated/α-hetero) is 1. The fourth-order valence-corrected chi connectivity index (χ4v) is 3.45. The smallest absolute Gasteiger partial charge is 0.159 e. The number of carbonyl (C=O) groups is 1. The van der Waals surface area contributed by atoms with Crippen molar-refractivity contribution in [1.82, 2.24) is 4.90 Å². The summed E-state index contributed by atoms with van der Waals surface area (Å²) >= 11 is 0. The quantitative estimate of drug-likeness (QED) is 0.836. The van der Waals surface area contributed by atoms with Crippen LogP contribution >= 0.6 is 0 Å². The van der Waals surface area contributed by atoms with Crippen molar-refractivity contribution < 1.29 is 4.79 Å². The summed E-state index contributed by atoms with van der Waals surface area (Å²) in [7, 11) is 4.39. The molecule has 2 rings (SSSR count).